The first-order valence-electron chi connectivity index (χ1n) is 8.08. The van der Waals surface area contributed by atoms with Crippen LogP contribution in [-0.4, -0.2) is 28.0 Å². The van der Waals surface area contributed by atoms with Crippen molar-refractivity contribution in [3.63, 3.8) is 0 Å². The third-order valence-corrected chi connectivity index (χ3v) is 6.01. The molecule has 1 aliphatic carbocycles. The molecule has 0 spiro atoms. The van der Waals surface area contributed by atoms with Crippen LogP contribution >= 0.6 is 11.3 Å². The molecule has 0 saturated carbocycles. The zero-order valence-electron chi connectivity index (χ0n) is 12.5. The van der Waals surface area contributed by atoms with Gasteiger partial charge in [-0.15, -0.1) is 11.3 Å². The molecule has 5 nitrogen and oxygen atoms in total. The molecule has 0 unspecified atom stereocenters. The Morgan fingerprint density at radius 2 is 2.05 bits per heavy atom. The minimum absolute atomic E-state index is 0.0836. The van der Waals surface area contributed by atoms with Gasteiger partial charge in [-0.3, -0.25) is 4.79 Å². The molecule has 0 aromatic carbocycles. The van der Waals surface area contributed by atoms with Crippen molar-refractivity contribution >= 4 is 17.2 Å². The number of aromatic amines is 1. The van der Waals surface area contributed by atoms with E-state index in [0.717, 1.165) is 31.7 Å². The molecule has 0 amide bonds. The standard InChI is InChI=1S/C16H20N4OS/c21-15-9-14(17-10-18-15)20-7-5-11(6-8-20)16-19-12-3-1-2-4-13(12)22-16/h9-11H,1-8H2,(H,17,18,21). The van der Waals surface area contributed by atoms with Gasteiger partial charge in [0.2, 0.25) is 0 Å². The van der Waals surface area contributed by atoms with Crippen molar-refractivity contribution in [2.45, 2.75) is 44.4 Å². The van der Waals surface area contributed by atoms with Crippen LogP contribution in [0.1, 0.15) is 47.2 Å². The number of thiazole rings is 1. The molecule has 0 atom stereocenters. The van der Waals surface area contributed by atoms with Gasteiger partial charge in [0.25, 0.3) is 5.56 Å². The quantitative estimate of drug-likeness (QED) is 0.924. The number of aryl methyl sites for hydroxylation is 2. The molecule has 2 aromatic heterocycles. The van der Waals surface area contributed by atoms with Crippen LogP contribution in [0.4, 0.5) is 5.82 Å². The summed E-state index contributed by atoms with van der Waals surface area (Å²) in [5, 5.41) is 1.34. The van der Waals surface area contributed by atoms with Crippen LogP contribution in [0.3, 0.4) is 0 Å². The molecule has 1 saturated heterocycles. The zero-order valence-corrected chi connectivity index (χ0v) is 13.4. The van der Waals surface area contributed by atoms with Gasteiger partial charge in [-0.1, -0.05) is 0 Å². The Bertz CT molecular complexity index is 691. The largest absolute Gasteiger partial charge is 0.356 e. The first kappa shape index (κ1) is 13.9. The molecule has 0 radical (unpaired) electrons. The lowest BCUT2D eigenvalue weighted by Crippen LogP contribution is -2.34. The van der Waals surface area contributed by atoms with Crippen LogP contribution in [0.25, 0.3) is 0 Å². The van der Waals surface area contributed by atoms with E-state index in [-0.39, 0.29) is 5.56 Å². The molecule has 3 heterocycles. The van der Waals surface area contributed by atoms with Crippen LogP contribution in [0.2, 0.25) is 0 Å². The van der Waals surface area contributed by atoms with Gasteiger partial charge in [-0.2, -0.15) is 0 Å². The summed E-state index contributed by atoms with van der Waals surface area (Å²) in [4.78, 5) is 26.9. The van der Waals surface area contributed by atoms with Gasteiger partial charge < -0.3 is 9.88 Å². The van der Waals surface area contributed by atoms with Crippen molar-refractivity contribution in [2.24, 2.45) is 0 Å². The number of hydrogen-bond acceptors (Lipinski definition) is 5. The third-order valence-electron chi connectivity index (χ3n) is 4.69. The summed E-state index contributed by atoms with van der Waals surface area (Å²) in [6, 6.07) is 1.59. The van der Waals surface area contributed by atoms with Crippen molar-refractivity contribution in [1.82, 2.24) is 15.0 Å². The Hall–Kier alpha value is -1.69. The molecular weight excluding hydrogens is 296 g/mol. The lowest BCUT2D eigenvalue weighted by molar-refractivity contribution is 0.499. The van der Waals surface area contributed by atoms with Gasteiger partial charge in [0, 0.05) is 30.0 Å². The number of nitrogens with zero attached hydrogens (tertiary/aromatic N) is 3. The minimum atomic E-state index is -0.0836. The van der Waals surface area contributed by atoms with Gasteiger partial charge in [0.1, 0.15) is 5.82 Å². The van der Waals surface area contributed by atoms with E-state index in [4.69, 9.17) is 4.98 Å². The van der Waals surface area contributed by atoms with Gasteiger partial charge in [0.15, 0.2) is 0 Å². The van der Waals surface area contributed by atoms with Crippen LogP contribution in [-0.2, 0) is 12.8 Å². The van der Waals surface area contributed by atoms with Crippen LogP contribution in [0, 0.1) is 0 Å². The molecule has 0 bridgehead atoms. The molecule has 22 heavy (non-hydrogen) atoms. The highest BCUT2D eigenvalue weighted by atomic mass is 32.1. The van der Waals surface area contributed by atoms with Crippen molar-refractivity contribution in [3.8, 4) is 0 Å². The van der Waals surface area contributed by atoms with Crippen molar-refractivity contribution < 1.29 is 0 Å². The first-order chi connectivity index (χ1) is 10.8. The van der Waals surface area contributed by atoms with Crippen LogP contribution in [0.5, 0.6) is 0 Å². The van der Waals surface area contributed by atoms with Crippen molar-refractivity contribution in [1.29, 1.82) is 0 Å². The van der Waals surface area contributed by atoms with E-state index < -0.39 is 0 Å². The molecule has 1 aliphatic heterocycles. The molecular formula is C16H20N4OS. The number of fused-ring (bicyclic) bond motifs is 1. The third kappa shape index (κ3) is 2.67. The summed E-state index contributed by atoms with van der Waals surface area (Å²) < 4.78 is 0. The van der Waals surface area contributed by atoms with Gasteiger partial charge in [-0.25, -0.2) is 9.97 Å². The Balaban J connectivity index is 1.45. The summed E-state index contributed by atoms with van der Waals surface area (Å²) in [6.07, 6.45) is 8.69. The van der Waals surface area contributed by atoms with E-state index in [2.05, 4.69) is 14.9 Å². The SMILES string of the molecule is O=c1cc(N2CCC(c3nc4c(s3)CCCC4)CC2)nc[nH]1. The highest BCUT2D eigenvalue weighted by Gasteiger charge is 2.26. The van der Waals surface area contributed by atoms with E-state index >= 15 is 0 Å². The van der Waals surface area contributed by atoms with Crippen molar-refractivity contribution in [3.05, 3.63) is 38.3 Å². The number of nitrogens with one attached hydrogen (secondary N) is 1. The normalized spacial score (nSPS) is 19.2. The van der Waals surface area contributed by atoms with E-state index in [1.807, 2.05) is 11.3 Å². The topological polar surface area (TPSA) is 61.9 Å². The average molecular weight is 316 g/mol. The monoisotopic (exact) mass is 316 g/mol. The summed E-state index contributed by atoms with van der Waals surface area (Å²) in [5.41, 5.74) is 1.28. The second-order valence-electron chi connectivity index (χ2n) is 6.16. The number of piperidine rings is 1. The summed E-state index contributed by atoms with van der Waals surface area (Å²) in [5.74, 6) is 1.37. The molecule has 1 fully saturated rings. The highest BCUT2D eigenvalue weighted by molar-refractivity contribution is 7.11. The number of H-pyrrole nitrogens is 1. The summed E-state index contributed by atoms with van der Waals surface area (Å²) >= 11 is 1.94. The number of anilines is 1. The molecule has 6 heteroatoms. The zero-order chi connectivity index (χ0) is 14.9. The van der Waals surface area contributed by atoms with E-state index in [9.17, 15) is 4.79 Å². The lowest BCUT2D eigenvalue weighted by atomic mass is 9.97. The van der Waals surface area contributed by atoms with Gasteiger partial charge in [-0.05, 0) is 38.5 Å². The van der Waals surface area contributed by atoms with Crippen LogP contribution < -0.4 is 10.5 Å². The molecule has 2 aliphatic rings. The Kier molecular flexibility index (Phi) is 3.70. The smallest absolute Gasteiger partial charge is 0.252 e. The van der Waals surface area contributed by atoms with Gasteiger partial charge in [0.05, 0.1) is 17.0 Å². The average Bonchev–Trinajstić information content (AvgIpc) is 2.99. The molecule has 116 valence electrons. The molecule has 1 N–H and O–H groups in total. The number of aromatic nitrogens is 3. The maximum atomic E-state index is 11.4. The second-order valence-corrected chi connectivity index (χ2v) is 7.27. The Labute approximate surface area is 133 Å². The number of hydrogen-bond donors (Lipinski definition) is 1. The summed E-state index contributed by atoms with van der Waals surface area (Å²) in [6.45, 7) is 1.90. The predicted molar refractivity (Wildman–Crippen MR) is 87.8 cm³/mol. The van der Waals surface area contributed by atoms with Gasteiger partial charge >= 0.3 is 0 Å². The first-order valence-corrected chi connectivity index (χ1v) is 8.89. The fourth-order valence-corrected chi connectivity index (χ4v) is 4.76. The fourth-order valence-electron chi connectivity index (χ4n) is 3.43. The van der Waals surface area contributed by atoms with E-state index in [1.165, 1.54) is 47.6 Å². The van der Waals surface area contributed by atoms with Crippen LogP contribution in [0.15, 0.2) is 17.2 Å². The lowest BCUT2D eigenvalue weighted by Gasteiger charge is -2.31. The molecule has 4 rings (SSSR count). The van der Waals surface area contributed by atoms with E-state index in [1.54, 1.807) is 6.07 Å². The Morgan fingerprint density at radius 1 is 1.23 bits per heavy atom. The second kappa shape index (κ2) is 5.83. The van der Waals surface area contributed by atoms with E-state index in [0.29, 0.717) is 5.92 Å². The maximum Gasteiger partial charge on any atom is 0.252 e. The summed E-state index contributed by atoms with van der Waals surface area (Å²) in [7, 11) is 0. The maximum absolute atomic E-state index is 11.4. The minimum Gasteiger partial charge on any atom is -0.356 e. The predicted octanol–water partition coefficient (Wildman–Crippen LogP) is 2.49. The Morgan fingerprint density at radius 3 is 2.82 bits per heavy atom. The molecule has 2 aromatic rings. The number of rotatable bonds is 2. The fraction of sp³-hybridized carbons (Fsp3) is 0.562. The van der Waals surface area contributed by atoms with Crippen molar-refractivity contribution in [2.75, 3.05) is 18.0 Å². The highest BCUT2D eigenvalue weighted by Crippen LogP contribution is 2.35.